The Balaban J connectivity index is 0.865. The molecule has 0 N–H and O–H groups in total. The van der Waals surface area contributed by atoms with Gasteiger partial charge in [0.25, 0.3) is 0 Å². The minimum absolute atomic E-state index is 0.146. The van der Waals surface area contributed by atoms with E-state index >= 15 is 0 Å². The van der Waals surface area contributed by atoms with Crippen LogP contribution >= 0.6 is 22.7 Å². The van der Waals surface area contributed by atoms with Crippen LogP contribution in [0, 0.1) is 0 Å². The van der Waals surface area contributed by atoms with Crippen LogP contribution in [0.5, 0.6) is 23.0 Å². The van der Waals surface area contributed by atoms with Crippen molar-refractivity contribution in [3.63, 3.8) is 0 Å². The predicted molar refractivity (Wildman–Crippen MR) is 263 cm³/mol. The lowest BCUT2D eigenvalue weighted by Gasteiger charge is -2.16. The zero-order valence-corrected chi connectivity index (χ0v) is 37.5. The fourth-order valence-corrected chi connectivity index (χ4v) is 10.5. The Labute approximate surface area is 380 Å². The third-order valence-corrected chi connectivity index (χ3v) is 13.4. The van der Waals surface area contributed by atoms with E-state index < -0.39 is 0 Å². The van der Waals surface area contributed by atoms with E-state index in [0.717, 1.165) is 90.2 Å². The van der Waals surface area contributed by atoms with Crippen molar-refractivity contribution in [3.05, 3.63) is 156 Å². The summed E-state index contributed by atoms with van der Waals surface area (Å²) in [6.45, 7) is 6.42. The second-order valence-electron chi connectivity index (χ2n) is 15.2. The Morgan fingerprint density at radius 2 is 0.750 bits per heavy atom. The smallest absolute Gasteiger partial charge is 0.189 e. The average molecular weight is 885 g/mol. The molecule has 4 aromatic heterocycles. The van der Waals surface area contributed by atoms with Crippen molar-refractivity contribution in [2.45, 2.75) is 26.7 Å². The standard InChI is InChI=1S/C54H48N2O6S2/c1-3-57-35-61-51-47(55-43-25-11-5-19-37(43)38-20-6-12-26-44(38)55)33-63-53(51)41-23-9-15-29-49(41)59-31-17-18-32-60-50-30-16-10-24-42(50)54-52(62-36-58-4-2)48(34-64-54)56-45-27-13-7-21-39(45)40-22-8-14-28-46(40)56/h5-16,19-30,33-34H,3-4,17-18,31-32,35-36H2,1-2H3. The number of benzene rings is 6. The molecule has 10 rings (SSSR count). The summed E-state index contributed by atoms with van der Waals surface area (Å²) in [5, 5.41) is 9.15. The van der Waals surface area contributed by atoms with Crippen molar-refractivity contribution < 1.29 is 28.4 Å². The first-order valence-corrected chi connectivity index (χ1v) is 23.6. The van der Waals surface area contributed by atoms with E-state index in [1.54, 1.807) is 22.7 Å². The highest BCUT2D eigenvalue weighted by Gasteiger charge is 2.25. The van der Waals surface area contributed by atoms with E-state index in [9.17, 15) is 0 Å². The van der Waals surface area contributed by atoms with E-state index in [1.807, 2.05) is 50.2 Å². The molecular formula is C54H48N2O6S2. The zero-order chi connectivity index (χ0) is 43.2. The quantitative estimate of drug-likeness (QED) is 0.0595. The second kappa shape index (κ2) is 19.0. The summed E-state index contributed by atoms with van der Waals surface area (Å²) in [5.41, 5.74) is 8.41. The van der Waals surface area contributed by atoms with Crippen molar-refractivity contribution >= 4 is 66.3 Å². The number of ether oxygens (including phenoxy) is 6. The molecule has 0 fully saturated rings. The van der Waals surface area contributed by atoms with Crippen LogP contribution in [0.2, 0.25) is 0 Å². The first-order chi connectivity index (χ1) is 31.7. The van der Waals surface area contributed by atoms with E-state index in [4.69, 9.17) is 28.4 Å². The van der Waals surface area contributed by atoms with Gasteiger partial charge in [0.05, 0.1) is 45.0 Å². The highest BCUT2D eigenvalue weighted by molar-refractivity contribution is 7.14. The summed E-state index contributed by atoms with van der Waals surface area (Å²) in [6, 6.07) is 50.5. The van der Waals surface area contributed by atoms with Crippen LogP contribution < -0.4 is 18.9 Å². The highest BCUT2D eigenvalue weighted by atomic mass is 32.1. The average Bonchev–Trinajstić information content (AvgIpc) is 4.11. The molecule has 0 spiro atoms. The largest absolute Gasteiger partial charge is 0.493 e. The molecule has 0 atom stereocenters. The maximum Gasteiger partial charge on any atom is 0.189 e. The maximum absolute atomic E-state index is 6.55. The molecule has 0 bridgehead atoms. The normalized spacial score (nSPS) is 11.6. The lowest BCUT2D eigenvalue weighted by molar-refractivity contribution is 0.0228. The van der Waals surface area contributed by atoms with Gasteiger partial charge in [-0.15, -0.1) is 22.7 Å². The molecule has 4 heterocycles. The minimum Gasteiger partial charge on any atom is -0.493 e. The predicted octanol–water partition coefficient (Wildman–Crippen LogP) is 14.3. The number of unbranched alkanes of at least 4 members (excludes halogenated alkanes) is 1. The lowest BCUT2D eigenvalue weighted by Crippen LogP contribution is -2.06. The Morgan fingerprint density at radius 3 is 1.12 bits per heavy atom. The molecule has 10 heteroatoms. The van der Waals surface area contributed by atoms with E-state index in [-0.39, 0.29) is 13.6 Å². The summed E-state index contributed by atoms with van der Waals surface area (Å²) >= 11 is 3.30. The summed E-state index contributed by atoms with van der Waals surface area (Å²) < 4.78 is 42.1. The number of thiophene rings is 2. The van der Waals surface area contributed by atoms with Gasteiger partial charge in [0.1, 0.15) is 22.9 Å². The Bertz CT molecular complexity index is 2880. The number of aromatic nitrogens is 2. The minimum atomic E-state index is 0.146. The number of rotatable bonds is 19. The molecule has 0 saturated carbocycles. The number of para-hydroxylation sites is 6. The number of hydrogen-bond donors (Lipinski definition) is 0. The van der Waals surface area contributed by atoms with Crippen LogP contribution in [-0.2, 0) is 9.47 Å². The second-order valence-corrected chi connectivity index (χ2v) is 17.0. The van der Waals surface area contributed by atoms with Gasteiger partial charge < -0.3 is 37.6 Å². The van der Waals surface area contributed by atoms with Crippen LogP contribution in [0.3, 0.4) is 0 Å². The number of nitrogens with zero attached hydrogens (tertiary/aromatic N) is 2. The van der Waals surface area contributed by atoms with Crippen LogP contribution in [0.4, 0.5) is 0 Å². The van der Waals surface area contributed by atoms with Gasteiger partial charge in [-0.2, -0.15) is 0 Å². The fraction of sp³-hybridized carbons (Fsp3) is 0.185. The first kappa shape index (κ1) is 41.5. The van der Waals surface area contributed by atoms with Crippen LogP contribution in [0.1, 0.15) is 26.7 Å². The SMILES string of the molecule is CCOCOc1c(-n2c3ccccc3c3ccccc32)csc1-c1ccccc1OCCCCOc1ccccc1-c1scc(-n2c3ccccc3c3ccccc32)c1OCOCC. The number of fused-ring (bicyclic) bond motifs is 6. The zero-order valence-electron chi connectivity index (χ0n) is 35.8. The summed E-state index contributed by atoms with van der Waals surface area (Å²) in [5.74, 6) is 3.16. The Morgan fingerprint density at radius 1 is 0.406 bits per heavy atom. The topological polar surface area (TPSA) is 65.2 Å². The fourth-order valence-electron chi connectivity index (χ4n) is 8.50. The van der Waals surface area contributed by atoms with Crippen LogP contribution in [0.15, 0.2) is 156 Å². The molecule has 0 radical (unpaired) electrons. The van der Waals surface area contributed by atoms with Crippen molar-refractivity contribution in [1.29, 1.82) is 0 Å². The molecule has 0 aliphatic rings. The maximum atomic E-state index is 6.55. The van der Waals surface area contributed by atoms with Crippen molar-refractivity contribution in [2.24, 2.45) is 0 Å². The molecule has 0 aliphatic carbocycles. The molecule has 6 aromatic carbocycles. The van der Waals surface area contributed by atoms with Gasteiger partial charge in [0, 0.05) is 56.6 Å². The first-order valence-electron chi connectivity index (χ1n) is 21.8. The van der Waals surface area contributed by atoms with Gasteiger partial charge >= 0.3 is 0 Å². The Hall–Kier alpha value is -6.56. The van der Waals surface area contributed by atoms with Gasteiger partial charge in [-0.1, -0.05) is 97.1 Å². The van der Waals surface area contributed by atoms with Crippen molar-refractivity contribution in [3.8, 4) is 55.3 Å². The van der Waals surface area contributed by atoms with Gasteiger partial charge in [0.15, 0.2) is 25.1 Å². The third kappa shape index (κ3) is 7.88. The van der Waals surface area contributed by atoms with Gasteiger partial charge in [0.2, 0.25) is 0 Å². The third-order valence-electron chi connectivity index (χ3n) is 11.4. The van der Waals surface area contributed by atoms with Gasteiger partial charge in [-0.05, 0) is 75.2 Å². The van der Waals surface area contributed by atoms with Crippen LogP contribution in [0.25, 0.3) is 75.9 Å². The van der Waals surface area contributed by atoms with E-state index in [2.05, 4.69) is 129 Å². The molecule has 322 valence electrons. The van der Waals surface area contributed by atoms with Crippen molar-refractivity contribution in [1.82, 2.24) is 9.13 Å². The van der Waals surface area contributed by atoms with Crippen molar-refractivity contribution in [2.75, 3.05) is 40.0 Å². The molecule has 0 saturated heterocycles. The summed E-state index contributed by atoms with van der Waals surface area (Å²) in [4.78, 5) is 1.98. The van der Waals surface area contributed by atoms with Gasteiger partial charge in [-0.25, -0.2) is 0 Å². The highest BCUT2D eigenvalue weighted by Crippen LogP contribution is 2.49. The molecule has 0 unspecified atom stereocenters. The molecule has 10 aromatic rings. The molecule has 64 heavy (non-hydrogen) atoms. The van der Waals surface area contributed by atoms with Crippen LogP contribution in [-0.4, -0.2) is 49.1 Å². The Kier molecular flexibility index (Phi) is 12.3. The lowest BCUT2D eigenvalue weighted by atomic mass is 10.1. The molecule has 0 amide bonds. The molecule has 0 aliphatic heterocycles. The summed E-state index contributed by atoms with van der Waals surface area (Å²) in [7, 11) is 0. The van der Waals surface area contributed by atoms with E-state index in [0.29, 0.717) is 26.4 Å². The van der Waals surface area contributed by atoms with E-state index in [1.165, 1.54) is 21.5 Å². The molecular weight excluding hydrogens is 837 g/mol. The monoisotopic (exact) mass is 884 g/mol. The molecule has 8 nitrogen and oxygen atoms in total. The summed E-state index contributed by atoms with van der Waals surface area (Å²) in [6.07, 6.45) is 1.61. The number of hydrogen-bond acceptors (Lipinski definition) is 8. The van der Waals surface area contributed by atoms with Gasteiger partial charge in [-0.3, -0.25) is 0 Å².